The Morgan fingerprint density at radius 1 is 1.17 bits per heavy atom. The summed E-state index contributed by atoms with van der Waals surface area (Å²) in [5.41, 5.74) is -0.288. The number of anilines is 1. The molecule has 7 heteroatoms. The maximum Gasteiger partial charge on any atom is 0.416 e. The monoisotopic (exact) mass is 325 g/mol. The first-order valence-electron chi connectivity index (χ1n) is 7.63. The summed E-state index contributed by atoms with van der Waals surface area (Å²) in [6.45, 7) is 0.208. The molecule has 0 radical (unpaired) electrons. The van der Waals surface area contributed by atoms with E-state index >= 15 is 0 Å². The van der Waals surface area contributed by atoms with E-state index in [4.69, 9.17) is 0 Å². The number of hydrogen-bond acceptors (Lipinski definition) is 2. The fraction of sp³-hybridized carbons (Fsp3) is 0.438. The third-order valence-electron chi connectivity index (χ3n) is 4.18. The molecule has 1 aliphatic heterocycles. The van der Waals surface area contributed by atoms with Gasteiger partial charge in [-0.3, -0.25) is 4.90 Å². The van der Waals surface area contributed by atoms with Crippen LogP contribution in [0, 0.1) is 0 Å². The molecule has 4 nitrogen and oxygen atoms in total. The highest BCUT2D eigenvalue weighted by molar-refractivity contribution is 5.77. The standard InChI is InChI=1S/C16H18F3N3O/c17-16(18,19)12-4-3-7-14(10-12)21-8-9-22(11-21)15(23)20-13-5-1-2-6-13/h3-4,7-10,13H,1-2,5-6,11H2,(H,20,23). The second-order valence-electron chi connectivity index (χ2n) is 5.86. The number of carbonyl (C=O) groups is 1. The summed E-state index contributed by atoms with van der Waals surface area (Å²) in [5.74, 6) is 0. The van der Waals surface area contributed by atoms with Crippen molar-refractivity contribution < 1.29 is 18.0 Å². The summed E-state index contributed by atoms with van der Waals surface area (Å²) in [7, 11) is 0. The Bertz CT molecular complexity index is 609. The van der Waals surface area contributed by atoms with E-state index in [1.807, 2.05) is 0 Å². The van der Waals surface area contributed by atoms with Crippen LogP contribution >= 0.6 is 0 Å². The maximum absolute atomic E-state index is 12.8. The number of benzene rings is 1. The molecule has 1 aliphatic carbocycles. The van der Waals surface area contributed by atoms with Gasteiger partial charge in [0.15, 0.2) is 0 Å². The van der Waals surface area contributed by atoms with Gasteiger partial charge in [0.2, 0.25) is 0 Å². The summed E-state index contributed by atoms with van der Waals surface area (Å²) in [6, 6.07) is 5.09. The van der Waals surface area contributed by atoms with Gasteiger partial charge in [0, 0.05) is 24.1 Å². The predicted molar refractivity (Wildman–Crippen MR) is 80.6 cm³/mol. The number of amides is 2. The Kier molecular flexibility index (Phi) is 4.19. The molecule has 1 heterocycles. The second kappa shape index (κ2) is 6.14. The Balaban J connectivity index is 1.63. The van der Waals surface area contributed by atoms with Crippen LogP contribution in [0.25, 0.3) is 0 Å². The molecule has 3 rings (SSSR count). The van der Waals surface area contributed by atoms with E-state index in [1.54, 1.807) is 23.4 Å². The number of nitrogens with zero attached hydrogens (tertiary/aromatic N) is 2. The van der Waals surface area contributed by atoms with Gasteiger partial charge in [0.1, 0.15) is 6.67 Å². The molecular formula is C16H18F3N3O. The molecule has 1 saturated carbocycles. The van der Waals surface area contributed by atoms with Crippen LogP contribution in [0.3, 0.4) is 0 Å². The first-order chi connectivity index (χ1) is 10.9. The normalized spacial score (nSPS) is 18.7. The highest BCUT2D eigenvalue weighted by Gasteiger charge is 2.31. The number of carbonyl (C=O) groups excluding carboxylic acids is 1. The molecule has 124 valence electrons. The average molecular weight is 325 g/mol. The van der Waals surface area contributed by atoms with E-state index < -0.39 is 11.7 Å². The molecule has 0 bridgehead atoms. The van der Waals surface area contributed by atoms with Crippen LogP contribution in [0.1, 0.15) is 31.2 Å². The number of urea groups is 1. The van der Waals surface area contributed by atoms with Crippen molar-refractivity contribution in [2.75, 3.05) is 11.6 Å². The summed E-state index contributed by atoms with van der Waals surface area (Å²) < 4.78 is 38.3. The average Bonchev–Trinajstić information content (AvgIpc) is 3.17. The van der Waals surface area contributed by atoms with E-state index in [9.17, 15) is 18.0 Å². The van der Waals surface area contributed by atoms with Crippen LogP contribution in [0.5, 0.6) is 0 Å². The minimum Gasteiger partial charge on any atom is -0.335 e. The molecule has 2 amide bonds. The Labute approximate surface area is 132 Å². The van der Waals surface area contributed by atoms with Gasteiger partial charge in [-0.15, -0.1) is 0 Å². The lowest BCUT2D eigenvalue weighted by Gasteiger charge is -2.22. The van der Waals surface area contributed by atoms with Crippen LogP contribution in [0.15, 0.2) is 36.7 Å². The van der Waals surface area contributed by atoms with E-state index in [2.05, 4.69) is 5.32 Å². The van der Waals surface area contributed by atoms with Crippen molar-refractivity contribution in [1.29, 1.82) is 0 Å². The van der Waals surface area contributed by atoms with Gasteiger partial charge in [0.25, 0.3) is 0 Å². The zero-order valence-electron chi connectivity index (χ0n) is 12.5. The third kappa shape index (κ3) is 3.60. The zero-order valence-corrected chi connectivity index (χ0v) is 12.5. The molecule has 0 aromatic heterocycles. The van der Waals surface area contributed by atoms with Crippen molar-refractivity contribution in [1.82, 2.24) is 10.2 Å². The second-order valence-corrected chi connectivity index (χ2v) is 5.86. The highest BCUT2D eigenvalue weighted by atomic mass is 19.4. The molecule has 1 aromatic carbocycles. The molecular weight excluding hydrogens is 307 g/mol. The number of halogens is 3. The fourth-order valence-corrected chi connectivity index (χ4v) is 2.91. The summed E-state index contributed by atoms with van der Waals surface area (Å²) in [6.07, 6.45) is 3.04. The molecule has 0 spiro atoms. The Hall–Kier alpha value is -2.18. The smallest absolute Gasteiger partial charge is 0.335 e. The van der Waals surface area contributed by atoms with Crippen molar-refractivity contribution >= 4 is 11.7 Å². The van der Waals surface area contributed by atoms with E-state index in [0.717, 1.165) is 37.8 Å². The molecule has 2 aliphatic rings. The molecule has 1 fully saturated rings. The molecule has 0 saturated heterocycles. The fourth-order valence-electron chi connectivity index (χ4n) is 2.91. The number of nitrogens with one attached hydrogen (secondary N) is 1. The minimum atomic E-state index is -4.38. The van der Waals surface area contributed by atoms with E-state index in [-0.39, 0.29) is 18.7 Å². The lowest BCUT2D eigenvalue weighted by atomic mass is 10.2. The van der Waals surface area contributed by atoms with Crippen molar-refractivity contribution in [3.63, 3.8) is 0 Å². The third-order valence-corrected chi connectivity index (χ3v) is 4.18. The van der Waals surface area contributed by atoms with Crippen LogP contribution in [-0.2, 0) is 6.18 Å². The number of rotatable bonds is 2. The van der Waals surface area contributed by atoms with Crippen LogP contribution < -0.4 is 10.2 Å². The van der Waals surface area contributed by atoms with E-state index in [0.29, 0.717) is 5.69 Å². The zero-order chi connectivity index (χ0) is 16.4. The minimum absolute atomic E-state index is 0.206. The van der Waals surface area contributed by atoms with Gasteiger partial charge in [-0.1, -0.05) is 18.9 Å². The van der Waals surface area contributed by atoms with Gasteiger partial charge in [-0.2, -0.15) is 13.2 Å². The number of alkyl halides is 3. The molecule has 23 heavy (non-hydrogen) atoms. The molecule has 1 N–H and O–H groups in total. The molecule has 1 aromatic rings. The van der Waals surface area contributed by atoms with Gasteiger partial charge in [0.05, 0.1) is 5.56 Å². The van der Waals surface area contributed by atoms with Crippen molar-refractivity contribution in [3.8, 4) is 0 Å². The van der Waals surface area contributed by atoms with Crippen LogP contribution in [-0.4, -0.2) is 23.6 Å². The Morgan fingerprint density at radius 2 is 1.91 bits per heavy atom. The van der Waals surface area contributed by atoms with Crippen LogP contribution in [0.4, 0.5) is 23.7 Å². The summed E-state index contributed by atoms with van der Waals surface area (Å²) in [5, 5.41) is 2.96. The summed E-state index contributed by atoms with van der Waals surface area (Å²) in [4.78, 5) is 15.2. The SMILES string of the molecule is O=C(NC1CCCC1)N1C=CN(c2cccc(C(F)(F)F)c2)C1. The van der Waals surface area contributed by atoms with Gasteiger partial charge in [-0.25, -0.2) is 4.79 Å². The summed E-state index contributed by atoms with van der Waals surface area (Å²) >= 11 is 0. The maximum atomic E-state index is 12.8. The first-order valence-corrected chi connectivity index (χ1v) is 7.63. The van der Waals surface area contributed by atoms with Crippen molar-refractivity contribution in [2.45, 2.75) is 37.9 Å². The van der Waals surface area contributed by atoms with Crippen LogP contribution in [0.2, 0.25) is 0 Å². The van der Waals surface area contributed by atoms with Crippen molar-refractivity contribution in [3.05, 3.63) is 42.2 Å². The van der Waals surface area contributed by atoms with Crippen molar-refractivity contribution in [2.24, 2.45) is 0 Å². The predicted octanol–water partition coefficient (Wildman–Crippen LogP) is 3.91. The van der Waals surface area contributed by atoms with Gasteiger partial charge in [-0.05, 0) is 31.0 Å². The topological polar surface area (TPSA) is 35.6 Å². The largest absolute Gasteiger partial charge is 0.416 e. The van der Waals surface area contributed by atoms with Gasteiger partial charge < -0.3 is 10.2 Å². The lowest BCUT2D eigenvalue weighted by molar-refractivity contribution is -0.137. The molecule has 0 unspecified atom stereocenters. The van der Waals surface area contributed by atoms with E-state index in [1.165, 1.54) is 11.0 Å². The lowest BCUT2D eigenvalue weighted by Crippen LogP contribution is -2.42. The molecule has 0 atom stereocenters. The quantitative estimate of drug-likeness (QED) is 0.895. The number of hydrogen-bond donors (Lipinski definition) is 1. The first kappa shape index (κ1) is 15.7. The highest BCUT2D eigenvalue weighted by Crippen LogP contribution is 2.32. The van der Waals surface area contributed by atoms with Gasteiger partial charge >= 0.3 is 12.2 Å². The Morgan fingerprint density at radius 3 is 2.61 bits per heavy atom.